The standard InChI is InChI=1S/C25H21ClN2O6S/c1-31-21-10-18-20(11-22(21)32-2)28(13-15-4-7-17(8-5-15)35-34-33-3)14-19(25(18)30)24(29)16-6-9-23(26)27-12-16/h4-12,14H,13H2,1-3H3. The number of methoxy groups -OCH3 is 2. The quantitative estimate of drug-likeness (QED) is 0.102. The number of aromatic nitrogens is 2. The van der Waals surface area contributed by atoms with Crippen LogP contribution in [0.5, 0.6) is 11.5 Å². The molecule has 2 heterocycles. The Balaban J connectivity index is 1.85. The fraction of sp³-hybridized carbons (Fsp3) is 0.160. The van der Waals surface area contributed by atoms with E-state index in [2.05, 4.69) is 9.87 Å². The molecule has 4 rings (SSSR count). The summed E-state index contributed by atoms with van der Waals surface area (Å²) >= 11 is 6.95. The summed E-state index contributed by atoms with van der Waals surface area (Å²) in [7, 11) is 4.45. The van der Waals surface area contributed by atoms with E-state index >= 15 is 0 Å². The highest BCUT2D eigenvalue weighted by Gasteiger charge is 2.20. The summed E-state index contributed by atoms with van der Waals surface area (Å²) in [6, 6.07) is 14.0. The second-order valence-corrected chi connectivity index (χ2v) is 8.55. The predicted molar refractivity (Wildman–Crippen MR) is 133 cm³/mol. The van der Waals surface area contributed by atoms with Crippen LogP contribution in [-0.4, -0.2) is 36.7 Å². The maximum Gasteiger partial charge on any atom is 0.200 e. The third kappa shape index (κ3) is 5.33. The summed E-state index contributed by atoms with van der Waals surface area (Å²) in [5, 5.41) is 0.586. The van der Waals surface area contributed by atoms with Gasteiger partial charge < -0.3 is 14.0 Å². The van der Waals surface area contributed by atoms with Crippen molar-refractivity contribution in [2.24, 2.45) is 0 Å². The van der Waals surface area contributed by atoms with Gasteiger partial charge in [0.15, 0.2) is 17.3 Å². The summed E-state index contributed by atoms with van der Waals surface area (Å²) in [4.78, 5) is 36.1. The van der Waals surface area contributed by atoms with E-state index in [-0.39, 0.29) is 16.3 Å². The van der Waals surface area contributed by atoms with E-state index in [1.54, 1.807) is 24.4 Å². The molecular weight excluding hydrogens is 492 g/mol. The van der Waals surface area contributed by atoms with E-state index in [9.17, 15) is 9.59 Å². The molecule has 0 aliphatic rings. The third-order valence-corrected chi connectivity index (χ3v) is 6.19. The first-order chi connectivity index (χ1) is 16.9. The van der Waals surface area contributed by atoms with Crippen LogP contribution in [0.15, 0.2) is 70.6 Å². The van der Waals surface area contributed by atoms with E-state index in [4.69, 9.17) is 25.4 Å². The fourth-order valence-corrected chi connectivity index (χ4v) is 4.10. The Kier molecular flexibility index (Phi) is 7.72. The maximum absolute atomic E-state index is 13.4. The first kappa shape index (κ1) is 24.7. The number of nitrogens with zero attached hydrogens (tertiary/aromatic N) is 2. The van der Waals surface area contributed by atoms with Crippen molar-refractivity contribution in [1.82, 2.24) is 9.55 Å². The number of hydrogen-bond donors (Lipinski definition) is 0. The van der Waals surface area contributed by atoms with E-state index < -0.39 is 11.2 Å². The van der Waals surface area contributed by atoms with Crippen LogP contribution in [0.4, 0.5) is 0 Å². The van der Waals surface area contributed by atoms with Crippen LogP contribution in [0, 0.1) is 0 Å². The van der Waals surface area contributed by atoms with Crippen LogP contribution in [0.25, 0.3) is 10.9 Å². The highest BCUT2D eigenvalue weighted by Crippen LogP contribution is 2.32. The molecule has 0 unspecified atom stereocenters. The van der Waals surface area contributed by atoms with Crippen LogP contribution in [0.2, 0.25) is 5.15 Å². The molecule has 0 fully saturated rings. The molecule has 0 saturated carbocycles. The highest BCUT2D eigenvalue weighted by molar-refractivity contribution is 7.94. The van der Waals surface area contributed by atoms with E-state index in [1.807, 2.05) is 28.8 Å². The van der Waals surface area contributed by atoms with Gasteiger partial charge in [-0.05, 0) is 35.9 Å². The normalized spacial score (nSPS) is 11.0. The molecule has 0 N–H and O–H groups in total. The van der Waals surface area contributed by atoms with Crippen LogP contribution >= 0.6 is 23.6 Å². The number of hydrogen-bond acceptors (Lipinski definition) is 8. The molecule has 8 nitrogen and oxygen atoms in total. The van der Waals surface area contributed by atoms with Gasteiger partial charge in [-0.1, -0.05) is 23.7 Å². The molecule has 2 aromatic carbocycles. The fourth-order valence-electron chi connectivity index (χ4n) is 3.60. The van der Waals surface area contributed by atoms with E-state index in [1.165, 1.54) is 33.6 Å². The summed E-state index contributed by atoms with van der Waals surface area (Å²) < 4.78 is 17.6. The van der Waals surface area contributed by atoms with Crippen molar-refractivity contribution >= 4 is 40.3 Å². The van der Waals surface area contributed by atoms with E-state index in [0.717, 1.165) is 22.5 Å². The molecule has 2 aromatic heterocycles. The number of benzene rings is 2. The summed E-state index contributed by atoms with van der Waals surface area (Å²) in [6.07, 6.45) is 2.91. The number of pyridine rings is 2. The van der Waals surface area contributed by atoms with Crippen molar-refractivity contribution in [2.75, 3.05) is 21.3 Å². The van der Waals surface area contributed by atoms with Crippen molar-refractivity contribution < 1.29 is 23.5 Å². The van der Waals surface area contributed by atoms with Gasteiger partial charge in [-0.2, -0.15) is 4.33 Å². The highest BCUT2D eigenvalue weighted by atomic mass is 35.5. The molecule has 35 heavy (non-hydrogen) atoms. The lowest BCUT2D eigenvalue weighted by Crippen LogP contribution is -2.20. The molecule has 0 aliphatic carbocycles. The number of fused-ring (bicyclic) bond motifs is 1. The molecule has 180 valence electrons. The molecule has 10 heteroatoms. The molecule has 0 atom stereocenters. The zero-order valence-corrected chi connectivity index (χ0v) is 20.7. The van der Waals surface area contributed by atoms with Gasteiger partial charge in [0.1, 0.15) is 5.15 Å². The van der Waals surface area contributed by atoms with Crippen LogP contribution in [0.1, 0.15) is 21.5 Å². The monoisotopic (exact) mass is 512 g/mol. The van der Waals surface area contributed by atoms with Crippen molar-refractivity contribution in [2.45, 2.75) is 11.4 Å². The Bertz CT molecular complexity index is 1420. The van der Waals surface area contributed by atoms with Crippen LogP contribution in [-0.2, 0) is 15.8 Å². The Hall–Kier alpha value is -3.37. The first-order valence-electron chi connectivity index (χ1n) is 10.4. The second-order valence-electron chi connectivity index (χ2n) is 7.38. The minimum absolute atomic E-state index is 0.00881. The Labute approximate surface area is 210 Å². The average molecular weight is 513 g/mol. The molecule has 4 aromatic rings. The Morgan fingerprint density at radius 2 is 1.74 bits per heavy atom. The van der Waals surface area contributed by atoms with Crippen LogP contribution in [0.3, 0.4) is 0 Å². The van der Waals surface area contributed by atoms with Crippen LogP contribution < -0.4 is 14.9 Å². The molecule has 0 aliphatic heterocycles. The zero-order chi connectivity index (χ0) is 24.9. The van der Waals surface area contributed by atoms with Crippen molar-refractivity contribution in [3.05, 3.63) is 93.0 Å². The average Bonchev–Trinajstić information content (AvgIpc) is 2.89. The van der Waals surface area contributed by atoms with Crippen molar-refractivity contribution in [1.29, 1.82) is 0 Å². The Morgan fingerprint density at radius 3 is 2.37 bits per heavy atom. The van der Waals surface area contributed by atoms with Gasteiger partial charge in [-0.25, -0.2) is 9.87 Å². The summed E-state index contributed by atoms with van der Waals surface area (Å²) in [5.74, 6) is 0.409. The Morgan fingerprint density at radius 1 is 1.03 bits per heavy atom. The summed E-state index contributed by atoms with van der Waals surface area (Å²) in [6.45, 7) is 0.390. The maximum atomic E-state index is 13.4. The van der Waals surface area contributed by atoms with Gasteiger partial charge in [-0.15, -0.1) is 0 Å². The van der Waals surface area contributed by atoms with Crippen molar-refractivity contribution in [3.8, 4) is 11.5 Å². The smallest absolute Gasteiger partial charge is 0.200 e. The number of ketones is 1. The van der Waals surface area contributed by atoms with Crippen molar-refractivity contribution in [3.63, 3.8) is 0 Å². The lowest BCUT2D eigenvalue weighted by atomic mass is 10.0. The molecule has 0 bridgehead atoms. The first-order valence-corrected chi connectivity index (χ1v) is 11.5. The lowest BCUT2D eigenvalue weighted by Gasteiger charge is -2.16. The largest absolute Gasteiger partial charge is 0.493 e. The topological polar surface area (TPSA) is 88.9 Å². The zero-order valence-electron chi connectivity index (χ0n) is 19.1. The number of carbonyl (C=O) groups excluding carboxylic acids is 1. The van der Waals surface area contributed by atoms with Gasteiger partial charge >= 0.3 is 0 Å². The van der Waals surface area contributed by atoms with E-state index in [0.29, 0.717) is 28.9 Å². The summed E-state index contributed by atoms with van der Waals surface area (Å²) in [5.41, 5.74) is 1.39. The van der Waals surface area contributed by atoms with Gasteiger partial charge in [0.25, 0.3) is 0 Å². The number of ether oxygens (including phenoxy) is 2. The minimum Gasteiger partial charge on any atom is -0.493 e. The molecule has 0 amide bonds. The van der Waals surface area contributed by atoms with Gasteiger partial charge in [0.05, 0.1) is 49.8 Å². The minimum atomic E-state index is -0.451. The van der Waals surface area contributed by atoms with Gasteiger partial charge in [-0.3, -0.25) is 9.59 Å². The number of rotatable bonds is 9. The number of carbonyl (C=O) groups is 1. The molecule has 0 saturated heterocycles. The number of halogens is 1. The van der Waals surface area contributed by atoms with Gasteiger partial charge in [0, 0.05) is 35.5 Å². The SMILES string of the molecule is COOSc1ccc(Cn2cc(C(=O)c3ccc(Cl)nc3)c(=O)c3cc(OC)c(OC)cc32)cc1. The van der Waals surface area contributed by atoms with Gasteiger partial charge in [0.2, 0.25) is 5.43 Å². The third-order valence-electron chi connectivity index (χ3n) is 5.29. The molecule has 0 spiro atoms. The molecule has 0 radical (unpaired) electrons. The predicted octanol–water partition coefficient (Wildman–Crippen LogP) is 4.93. The second kappa shape index (κ2) is 10.9. The lowest BCUT2D eigenvalue weighted by molar-refractivity contribution is -0.160. The molecular formula is C25H21ClN2O6S.